The van der Waals surface area contributed by atoms with Crippen molar-refractivity contribution in [1.29, 1.82) is 0 Å². The molecular weight excluding hydrogens is 328 g/mol. The highest BCUT2D eigenvalue weighted by molar-refractivity contribution is 5.51. The van der Waals surface area contributed by atoms with E-state index >= 15 is 0 Å². The van der Waals surface area contributed by atoms with Crippen LogP contribution >= 0.6 is 0 Å². The highest BCUT2D eigenvalue weighted by Crippen LogP contribution is 2.26. The van der Waals surface area contributed by atoms with Crippen LogP contribution in [-0.2, 0) is 0 Å². The van der Waals surface area contributed by atoms with Gasteiger partial charge in [0.2, 0.25) is 0 Å². The van der Waals surface area contributed by atoms with Crippen LogP contribution in [0, 0.1) is 35.8 Å². The molecule has 0 bridgehead atoms. The molecule has 1 aliphatic heterocycles. The minimum Gasteiger partial charge on any atom is -0.356 e. The van der Waals surface area contributed by atoms with Crippen molar-refractivity contribution in [1.82, 2.24) is 9.97 Å². The van der Waals surface area contributed by atoms with E-state index in [-0.39, 0.29) is 5.69 Å². The average molecular weight is 348 g/mol. The number of hydrogen-bond acceptors (Lipinski definition) is 5. The van der Waals surface area contributed by atoms with Crippen molar-refractivity contribution in [3.8, 4) is 11.8 Å². The Morgan fingerprint density at radius 2 is 2.04 bits per heavy atom. The molecule has 0 spiro atoms. The third-order valence-electron chi connectivity index (χ3n) is 4.32. The summed E-state index contributed by atoms with van der Waals surface area (Å²) in [5.41, 5.74) is 3.91. The van der Waals surface area contributed by atoms with E-state index in [1.54, 1.807) is 6.07 Å². The molecule has 0 atom stereocenters. The van der Waals surface area contributed by atoms with Gasteiger partial charge in [-0.2, -0.15) is 0 Å². The molecule has 1 aliphatic rings. The first-order valence-corrected chi connectivity index (χ1v) is 8.52. The second-order valence-corrected chi connectivity index (χ2v) is 6.31. The fraction of sp³-hybridized carbons (Fsp3) is 0.300. The minimum atomic E-state index is -0.414. The maximum atomic E-state index is 10.8. The van der Waals surface area contributed by atoms with Gasteiger partial charge in [0.05, 0.1) is 4.92 Å². The van der Waals surface area contributed by atoms with E-state index in [4.69, 9.17) is 0 Å². The topological polar surface area (TPSA) is 72.2 Å². The van der Waals surface area contributed by atoms with Gasteiger partial charge in [-0.25, -0.2) is 9.97 Å². The number of anilines is 1. The summed E-state index contributed by atoms with van der Waals surface area (Å²) in [6.07, 6.45) is 5.13. The number of aryl methyl sites for hydroxylation is 2. The Balaban J connectivity index is 1.63. The summed E-state index contributed by atoms with van der Waals surface area (Å²) >= 11 is 0. The number of allylic oxidation sites excluding steroid dienone is 1. The molecule has 2 aromatic heterocycles. The number of aromatic nitrogens is 2. The van der Waals surface area contributed by atoms with Gasteiger partial charge in [-0.05, 0) is 56.4 Å². The van der Waals surface area contributed by atoms with Gasteiger partial charge in [-0.15, -0.1) is 0 Å². The lowest BCUT2D eigenvalue weighted by molar-refractivity contribution is -0.385. The van der Waals surface area contributed by atoms with E-state index in [9.17, 15) is 10.1 Å². The second-order valence-electron chi connectivity index (χ2n) is 6.31. The van der Waals surface area contributed by atoms with Gasteiger partial charge in [0.15, 0.2) is 0 Å². The number of nitro groups is 1. The average Bonchev–Trinajstić information content (AvgIpc) is 2.62. The van der Waals surface area contributed by atoms with Crippen molar-refractivity contribution in [3.05, 3.63) is 69.2 Å². The molecule has 3 rings (SSSR count). The van der Waals surface area contributed by atoms with Crippen LogP contribution in [-0.4, -0.2) is 28.0 Å². The van der Waals surface area contributed by atoms with Crippen LogP contribution in [0.25, 0.3) is 0 Å². The Hall–Kier alpha value is -3.20. The number of hydrogen-bond donors (Lipinski definition) is 0. The summed E-state index contributed by atoms with van der Waals surface area (Å²) in [6.45, 7) is 5.48. The second kappa shape index (κ2) is 7.79. The summed E-state index contributed by atoms with van der Waals surface area (Å²) in [7, 11) is 0. The first-order valence-electron chi connectivity index (χ1n) is 8.52. The van der Waals surface area contributed by atoms with Crippen LogP contribution in [0.1, 0.15) is 29.8 Å². The molecule has 0 saturated carbocycles. The third-order valence-corrected chi connectivity index (χ3v) is 4.32. The molecule has 132 valence electrons. The van der Waals surface area contributed by atoms with Crippen LogP contribution in [0.3, 0.4) is 0 Å². The Morgan fingerprint density at radius 3 is 2.69 bits per heavy atom. The van der Waals surface area contributed by atoms with Gasteiger partial charge >= 0.3 is 0 Å². The van der Waals surface area contributed by atoms with E-state index in [0.29, 0.717) is 0 Å². The lowest BCUT2D eigenvalue weighted by Gasteiger charge is -2.30. The fourth-order valence-electron chi connectivity index (χ4n) is 2.96. The summed E-state index contributed by atoms with van der Waals surface area (Å²) in [5, 5.41) is 10.8. The smallest absolute Gasteiger partial charge is 0.287 e. The first kappa shape index (κ1) is 17.6. The molecule has 1 saturated heterocycles. The summed E-state index contributed by atoms with van der Waals surface area (Å²) < 4.78 is 0. The molecule has 0 N–H and O–H groups in total. The van der Waals surface area contributed by atoms with E-state index in [1.165, 1.54) is 11.8 Å². The molecule has 0 amide bonds. The predicted molar refractivity (Wildman–Crippen MR) is 101 cm³/mol. The number of piperidine rings is 1. The summed E-state index contributed by atoms with van der Waals surface area (Å²) in [4.78, 5) is 21.2. The molecule has 0 aliphatic carbocycles. The van der Waals surface area contributed by atoms with Crippen molar-refractivity contribution >= 4 is 11.5 Å². The maximum absolute atomic E-state index is 10.8. The molecule has 0 unspecified atom stereocenters. The third kappa shape index (κ3) is 4.25. The van der Waals surface area contributed by atoms with Crippen molar-refractivity contribution < 1.29 is 4.92 Å². The van der Waals surface area contributed by atoms with E-state index in [0.717, 1.165) is 48.7 Å². The Bertz CT molecular complexity index is 915. The molecule has 6 nitrogen and oxygen atoms in total. The van der Waals surface area contributed by atoms with Gasteiger partial charge in [-0.3, -0.25) is 10.1 Å². The largest absolute Gasteiger partial charge is 0.356 e. The molecule has 0 aromatic carbocycles. The highest BCUT2D eigenvalue weighted by Gasteiger charge is 2.18. The Labute approximate surface area is 152 Å². The lowest BCUT2D eigenvalue weighted by atomic mass is 10.0. The SMILES string of the molecule is Cc1cccc(C#CC=C2CCN(c3ncc([N+](=O)[O-])cc3C)CC2)n1. The molecule has 2 aromatic rings. The summed E-state index contributed by atoms with van der Waals surface area (Å²) in [6, 6.07) is 7.39. The highest BCUT2D eigenvalue weighted by atomic mass is 16.6. The number of rotatable bonds is 2. The molecule has 6 heteroatoms. The fourth-order valence-corrected chi connectivity index (χ4v) is 2.96. The van der Waals surface area contributed by atoms with Crippen LogP contribution in [0.5, 0.6) is 0 Å². The molecule has 3 heterocycles. The molecular formula is C20H20N4O2. The Morgan fingerprint density at radius 1 is 1.27 bits per heavy atom. The van der Waals surface area contributed by atoms with Crippen LogP contribution in [0.4, 0.5) is 11.5 Å². The normalized spacial score (nSPS) is 13.8. The van der Waals surface area contributed by atoms with E-state index in [2.05, 4.69) is 26.7 Å². The van der Waals surface area contributed by atoms with Crippen LogP contribution < -0.4 is 4.90 Å². The van der Waals surface area contributed by atoms with Crippen molar-refractivity contribution in [2.45, 2.75) is 26.7 Å². The van der Waals surface area contributed by atoms with Crippen LogP contribution in [0.15, 0.2) is 42.1 Å². The molecule has 26 heavy (non-hydrogen) atoms. The number of pyridine rings is 2. The van der Waals surface area contributed by atoms with Crippen molar-refractivity contribution in [3.63, 3.8) is 0 Å². The van der Waals surface area contributed by atoms with E-state index < -0.39 is 4.92 Å². The molecule has 0 radical (unpaired) electrons. The standard InChI is InChI=1S/C20H20N4O2/c1-15-13-19(24(25)26)14-21-20(15)23-11-9-17(10-12-23)6-4-8-18-7-3-5-16(2)22-18/h3,5-7,13-14H,9-12H2,1-2H3. The Kier molecular flexibility index (Phi) is 5.28. The van der Waals surface area contributed by atoms with Gasteiger partial charge in [0.1, 0.15) is 17.7 Å². The van der Waals surface area contributed by atoms with Gasteiger partial charge in [-0.1, -0.05) is 17.6 Å². The molecule has 1 fully saturated rings. The lowest BCUT2D eigenvalue weighted by Crippen LogP contribution is -2.31. The zero-order valence-electron chi connectivity index (χ0n) is 14.9. The van der Waals surface area contributed by atoms with Gasteiger partial charge in [0, 0.05) is 24.8 Å². The monoisotopic (exact) mass is 348 g/mol. The van der Waals surface area contributed by atoms with Gasteiger partial charge < -0.3 is 4.90 Å². The first-order chi connectivity index (χ1) is 12.5. The quantitative estimate of drug-likeness (QED) is 0.471. The summed E-state index contributed by atoms with van der Waals surface area (Å²) in [5.74, 6) is 7.00. The predicted octanol–water partition coefficient (Wildman–Crippen LogP) is 3.58. The zero-order valence-corrected chi connectivity index (χ0v) is 14.9. The van der Waals surface area contributed by atoms with Gasteiger partial charge in [0.25, 0.3) is 5.69 Å². The minimum absolute atomic E-state index is 0.0314. The zero-order chi connectivity index (χ0) is 18.5. The van der Waals surface area contributed by atoms with Crippen molar-refractivity contribution in [2.24, 2.45) is 0 Å². The van der Waals surface area contributed by atoms with Crippen LogP contribution in [0.2, 0.25) is 0 Å². The number of nitrogens with zero attached hydrogens (tertiary/aromatic N) is 4. The maximum Gasteiger partial charge on any atom is 0.287 e. The van der Waals surface area contributed by atoms with E-state index in [1.807, 2.05) is 38.1 Å². The van der Waals surface area contributed by atoms with Crippen molar-refractivity contribution in [2.75, 3.05) is 18.0 Å².